The first-order valence-electron chi connectivity index (χ1n) is 6.85. The molecule has 1 aliphatic heterocycles. The zero-order chi connectivity index (χ0) is 12.9. The zero-order valence-electron chi connectivity index (χ0n) is 12.0. The molecule has 17 heavy (non-hydrogen) atoms. The van der Waals surface area contributed by atoms with E-state index in [-0.39, 0.29) is 11.0 Å². The van der Waals surface area contributed by atoms with Gasteiger partial charge in [-0.3, -0.25) is 0 Å². The van der Waals surface area contributed by atoms with Crippen molar-refractivity contribution in [2.75, 3.05) is 13.2 Å². The molecule has 0 aromatic carbocycles. The van der Waals surface area contributed by atoms with Crippen LogP contribution in [0, 0.1) is 5.41 Å². The lowest BCUT2D eigenvalue weighted by Gasteiger charge is -2.32. The zero-order valence-corrected chi connectivity index (χ0v) is 12.0. The molecule has 0 bridgehead atoms. The van der Waals surface area contributed by atoms with Crippen molar-refractivity contribution in [3.8, 4) is 0 Å². The second-order valence-corrected chi connectivity index (χ2v) is 6.64. The van der Waals surface area contributed by atoms with Crippen molar-refractivity contribution >= 4 is 0 Å². The average molecular weight is 239 g/mol. The molecule has 2 unspecified atom stereocenters. The van der Waals surface area contributed by atoms with Crippen LogP contribution in [0.1, 0.15) is 53.4 Å². The third-order valence-electron chi connectivity index (χ3n) is 3.58. The molecular weight excluding hydrogens is 210 g/mol. The first-order chi connectivity index (χ1) is 7.85. The fourth-order valence-corrected chi connectivity index (χ4v) is 2.09. The van der Waals surface area contributed by atoms with Gasteiger partial charge in [0.2, 0.25) is 0 Å². The van der Waals surface area contributed by atoms with Crippen molar-refractivity contribution in [3.63, 3.8) is 0 Å². The van der Waals surface area contributed by atoms with Gasteiger partial charge in [-0.1, -0.05) is 13.0 Å². The molecule has 0 aromatic heterocycles. The summed E-state index contributed by atoms with van der Waals surface area (Å²) in [7, 11) is 0. The van der Waals surface area contributed by atoms with Crippen LogP contribution in [0.15, 0.2) is 12.7 Å². The minimum Gasteiger partial charge on any atom is -0.378 e. The van der Waals surface area contributed by atoms with E-state index in [1.165, 1.54) is 12.8 Å². The van der Waals surface area contributed by atoms with E-state index in [0.717, 1.165) is 26.0 Å². The van der Waals surface area contributed by atoms with Crippen LogP contribution in [0.25, 0.3) is 0 Å². The summed E-state index contributed by atoms with van der Waals surface area (Å²) in [5, 5.41) is 3.58. The summed E-state index contributed by atoms with van der Waals surface area (Å²) in [6.45, 7) is 14.8. The number of hydrogen-bond donors (Lipinski definition) is 1. The Labute approximate surface area is 107 Å². The normalized spacial score (nSPS) is 24.6. The smallest absolute Gasteiger partial charge is 0.0576 e. The van der Waals surface area contributed by atoms with Gasteiger partial charge in [0, 0.05) is 18.7 Å². The van der Waals surface area contributed by atoms with E-state index < -0.39 is 0 Å². The second kappa shape index (κ2) is 6.01. The Bertz CT molecular complexity index is 238. The molecule has 0 amide bonds. The van der Waals surface area contributed by atoms with Gasteiger partial charge < -0.3 is 10.1 Å². The summed E-state index contributed by atoms with van der Waals surface area (Å²) >= 11 is 0. The molecular formula is C15H29NO. The number of hydrogen-bond acceptors (Lipinski definition) is 2. The lowest BCUT2D eigenvalue weighted by atomic mass is 9.83. The third-order valence-corrected chi connectivity index (χ3v) is 3.58. The summed E-state index contributed by atoms with van der Waals surface area (Å²) in [6, 6.07) is 0. The van der Waals surface area contributed by atoms with Crippen molar-refractivity contribution in [1.82, 2.24) is 5.32 Å². The molecule has 2 atom stereocenters. The van der Waals surface area contributed by atoms with E-state index in [1.54, 1.807) is 0 Å². The van der Waals surface area contributed by atoms with Gasteiger partial charge >= 0.3 is 0 Å². The SMILES string of the molecule is C=CC(C)(CCC1CCCO1)CNC(C)(C)C. The minimum absolute atomic E-state index is 0.175. The third kappa shape index (κ3) is 5.69. The maximum absolute atomic E-state index is 5.68. The van der Waals surface area contributed by atoms with E-state index in [1.807, 2.05) is 0 Å². The van der Waals surface area contributed by atoms with Crippen LogP contribution in [-0.4, -0.2) is 24.8 Å². The molecule has 0 saturated carbocycles. The predicted molar refractivity (Wildman–Crippen MR) is 74.3 cm³/mol. The highest BCUT2D eigenvalue weighted by Gasteiger charge is 2.25. The Morgan fingerprint density at radius 3 is 2.53 bits per heavy atom. The molecule has 1 aliphatic rings. The van der Waals surface area contributed by atoms with Crippen LogP contribution in [0.3, 0.4) is 0 Å². The number of rotatable bonds is 6. The van der Waals surface area contributed by atoms with Gasteiger partial charge in [-0.15, -0.1) is 6.58 Å². The van der Waals surface area contributed by atoms with E-state index in [4.69, 9.17) is 4.74 Å². The Morgan fingerprint density at radius 2 is 2.06 bits per heavy atom. The van der Waals surface area contributed by atoms with Crippen molar-refractivity contribution in [2.45, 2.75) is 65.0 Å². The summed E-state index contributed by atoms with van der Waals surface area (Å²) in [4.78, 5) is 0. The molecule has 0 spiro atoms. The topological polar surface area (TPSA) is 21.3 Å². The molecule has 0 aliphatic carbocycles. The molecule has 2 heteroatoms. The van der Waals surface area contributed by atoms with E-state index in [2.05, 4.69) is 45.7 Å². The van der Waals surface area contributed by atoms with Gasteiger partial charge in [-0.25, -0.2) is 0 Å². The maximum atomic E-state index is 5.68. The molecule has 1 fully saturated rings. The van der Waals surface area contributed by atoms with Gasteiger partial charge in [0.15, 0.2) is 0 Å². The van der Waals surface area contributed by atoms with Crippen LogP contribution < -0.4 is 5.32 Å². The summed E-state index contributed by atoms with van der Waals surface area (Å²) in [5.74, 6) is 0. The highest BCUT2D eigenvalue weighted by Crippen LogP contribution is 2.28. The molecule has 1 N–H and O–H groups in total. The standard InChI is InChI=1S/C15H29NO/c1-6-15(5,12-16-14(2,3)4)10-9-13-8-7-11-17-13/h6,13,16H,1,7-12H2,2-5H3. The van der Waals surface area contributed by atoms with Crippen LogP contribution in [-0.2, 0) is 4.74 Å². The molecule has 1 saturated heterocycles. The largest absolute Gasteiger partial charge is 0.378 e. The Kier molecular flexibility index (Phi) is 5.21. The molecule has 1 rings (SSSR count). The average Bonchev–Trinajstić information content (AvgIpc) is 2.76. The van der Waals surface area contributed by atoms with Crippen molar-refractivity contribution in [2.24, 2.45) is 5.41 Å². The van der Waals surface area contributed by atoms with Gasteiger partial charge in [0.05, 0.1) is 6.10 Å². The number of ether oxygens (including phenoxy) is 1. The molecule has 0 radical (unpaired) electrons. The van der Waals surface area contributed by atoms with Crippen LogP contribution in [0.2, 0.25) is 0 Å². The Hall–Kier alpha value is -0.340. The molecule has 1 heterocycles. The first-order valence-corrected chi connectivity index (χ1v) is 6.85. The summed E-state index contributed by atoms with van der Waals surface area (Å²) in [5.41, 5.74) is 0.355. The number of nitrogens with one attached hydrogen (secondary N) is 1. The van der Waals surface area contributed by atoms with Crippen molar-refractivity contribution < 1.29 is 4.74 Å². The quantitative estimate of drug-likeness (QED) is 0.716. The van der Waals surface area contributed by atoms with Crippen LogP contribution >= 0.6 is 0 Å². The second-order valence-electron chi connectivity index (χ2n) is 6.64. The van der Waals surface area contributed by atoms with Crippen molar-refractivity contribution in [1.29, 1.82) is 0 Å². The van der Waals surface area contributed by atoms with E-state index in [0.29, 0.717) is 6.10 Å². The lowest BCUT2D eigenvalue weighted by molar-refractivity contribution is 0.0936. The summed E-state index contributed by atoms with van der Waals surface area (Å²) < 4.78 is 5.68. The summed E-state index contributed by atoms with van der Waals surface area (Å²) in [6.07, 6.45) is 7.37. The fourth-order valence-electron chi connectivity index (χ4n) is 2.09. The molecule has 100 valence electrons. The van der Waals surface area contributed by atoms with Gasteiger partial charge in [-0.2, -0.15) is 0 Å². The Morgan fingerprint density at radius 1 is 1.35 bits per heavy atom. The monoisotopic (exact) mass is 239 g/mol. The maximum Gasteiger partial charge on any atom is 0.0576 e. The first kappa shape index (κ1) is 14.7. The van der Waals surface area contributed by atoms with Gasteiger partial charge in [-0.05, 0) is 51.9 Å². The molecule has 2 nitrogen and oxygen atoms in total. The highest BCUT2D eigenvalue weighted by molar-refractivity contribution is 4.95. The van der Waals surface area contributed by atoms with Gasteiger partial charge in [0.1, 0.15) is 0 Å². The predicted octanol–water partition coefficient (Wildman–Crippen LogP) is 3.53. The van der Waals surface area contributed by atoms with Crippen LogP contribution in [0.4, 0.5) is 0 Å². The van der Waals surface area contributed by atoms with Crippen LogP contribution in [0.5, 0.6) is 0 Å². The van der Waals surface area contributed by atoms with Gasteiger partial charge in [0.25, 0.3) is 0 Å². The Balaban J connectivity index is 2.35. The minimum atomic E-state index is 0.175. The van der Waals surface area contributed by atoms with E-state index in [9.17, 15) is 0 Å². The van der Waals surface area contributed by atoms with Crippen molar-refractivity contribution in [3.05, 3.63) is 12.7 Å². The lowest BCUT2D eigenvalue weighted by Crippen LogP contribution is -2.42. The molecule has 0 aromatic rings. The van der Waals surface area contributed by atoms with E-state index >= 15 is 0 Å². The fraction of sp³-hybridized carbons (Fsp3) is 0.867. The highest BCUT2D eigenvalue weighted by atomic mass is 16.5.